The highest BCUT2D eigenvalue weighted by molar-refractivity contribution is 7.92. The number of pyridine rings is 1. The van der Waals surface area contributed by atoms with Crippen LogP contribution in [-0.2, 0) is 10.0 Å². The van der Waals surface area contributed by atoms with Gasteiger partial charge in [-0.3, -0.25) is 4.72 Å². The number of hydrogen-bond acceptors (Lipinski definition) is 4. The summed E-state index contributed by atoms with van der Waals surface area (Å²) in [5.41, 5.74) is 5.63. The molecule has 0 radical (unpaired) electrons. The Bertz CT molecular complexity index is 722. The number of benzene rings is 1. The number of sulfonamides is 1. The van der Waals surface area contributed by atoms with Gasteiger partial charge in [0.05, 0.1) is 10.7 Å². The predicted molar refractivity (Wildman–Crippen MR) is 70.9 cm³/mol. The van der Waals surface area contributed by atoms with Crippen molar-refractivity contribution >= 4 is 33.1 Å². The monoisotopic (exact) mass is 301 g/mol. The van der Waals surface area contributed by atoms with Gasteiger partial charge in [-0.15, -0.1) is 0 Å². The third-order valence-electron chi connectivity index (χ3n) is 2.26. The molecule has 19 heavy (non-hydrogen) atoms. The zero-order valence-corrected chi connectivity index (χ0v) is 11.0. The van der Waals surface area contributed by atoms with E-state index in [-0.39, 0.29) is 21.4 Å². The molecule has 2 rings (SSSR count). The first-order chi connectivity index (χ1) is 8.90. The largest absolute Gasteiger partial charge is 0.383 e. The van der Waals surface area contributed by atoms with Gasteiger partial charge in [-0.05, 0) is 30.3 Å². The molecule has 0 aliphatic heterocycles. The van der Waals surface area contributed by atoms with Gasteiger partial charge >= 0.3 is 0 Å². The van der Waals surface area contributed by atoms with Crippen molar-refractivity contribution < 1.29 is 12.8 Å². The van der Waals surface area contributed by atoms with E-state index in [0.717, 1.165) is 6.07 Å². The molecule has 0 bridgehead atoms. The van der Waals surface area contributed by atoms with Crippen LogP contribution < -0.4 is 10.5 Å². The fraction of sp³-hybridized carbons (Fsp3) is 0. The van der Waals surface area contributed by atoms with E-state index < -0.39 is 15.8 Å². The standard InChI is InChI=1S/C11H9ClFN3O2S/c12-8-6-7(3-4-9(8)13)16-19(17,18)10-2-1-5-15-11(10)14/h1-6,16H,(H2,14,15). The molecule has 8 heteroatoms. The van der Waals surface area contributed by atoms with Crippen LogP contribution in [0.2, 0.25) is 5.02 Å². The normalized spacial score (nSPS) is 11.3. The van der Waals surface area contributed by atoms with E-state index in [1.54, 1.807) is 0 Å². The topological polar surface area (TPSA) is 85.1 Å². The third kappa shape index (κ3) is 2.94. The molecule has 0 aliphatic rings. The zero-order chi connectivity index (χ0) is 14.0. The average Bonchev–Trinajstić information content (AvgIpc) is 2.34. The number of nitrogens with two attached hydrogens (primary N) is 1. The lowest BCUT2D eigenvalue weighted by Gasteiger charge is -2.09. The van der Waals surface area contributed by atoms with E-state index >= 15 is 0 Å². The number of nitrogens with zero attached hydrogens (tertiary/aromatic N) is 1. The summed E-state index contributed by atoms with van der Waals surface area (Å²) in [6.07, 6.45) is 1.38. The summed E-state index contributed by atoms with van der Waals surface area (Å²) >= 11 is 5.57. The van der Waals surface area contributed by atoms with Gasteiger partial charge in [-0.1, -0.05) is 11.6 Å². The first-order valence-corrected chi connectivity index (χ1v) is 6.94. The number of anilines is 2. The second kappa shape index (κ2) is 5.02. The van der Waals surface area contributed by atoms with Crippen molar-refractivity contribution in [2.45, 2.75) is 4.90 Å². The maximum Gasteiger partial charge on any atom is 0.265 e. The maximum absolute atomic E-state index is 13.0. The van der Waals surface area contributed by atoms with Crippen LogP contribution in [0.15, 0.2) is 41.4 Å². The van der Waals surface area contributed by atoms with Gasteiger partial charge in [-0.25, -0.2) is 17.8 Å². The van der Waals surface area contributed by atoms with Crippen LogP contribution in [0.4, 0.5) is 15.9 Å². The molecule has 0 unspecified atom stereocenters. The Kier molecular flexibility index (Phi) is 3.59. The molecule has 5 nitrogen and oxygen atoms in total. The number of hydrogen-bond donors (Lipinski definition) is 2. The Morgan fingerprint density at radius 3 is 2.68 bits per heavy atom. The minimum Gasteiger partial charge on any atom is -0.383 e. The van der Waals surface area contributed by atoms with Gasteiger partial charge in [0.15, 0.2) is 0 Å². The summed E-state index contributed by atoms with van der Waals surface area (Å²) in [5.74, 6) is -0.756. The van der Waals surface area contributed by atoms with Crippen molar-refractivity contribution in [3.63, 3.8) is 0 Å². The van der Waals surface area contributed by atoms with Gasteiger partial charge in [0, 0.05) is 6.20 Å². The lowest BCUT2D eigenvalue weighted by atomic mass is 10.3. The lowest BCUT2D eigenvalue weighted by molar-refractivity contribution is 0.601. The van der Waals surface area contributed by atoms with Gasteiger partial charge < -0.3 is 5.73 Å². The van der Waals surface area contributed by atoms with Gasteiger partial charge in [0.2, 0.25) is 0 Å². The molecule has 1 aromatic carbocycles. The third-order valence-corrected chi connectivity index (χ3v) is 3.98. The van der Waals surface area contributed by atoms with E-state index in [4.69, 9.17) is 17.3 Å². The highest BCUT2D eigenvalue weighted by Gasteiger charge is 2.18. The molecule has 0 amide bonds. The second-order valence-electron chi connectivity index (χ2n) is 3.62. The molecule has 100 valence electrons. The smallest absolute Gasteiger partial charge is 0.265 e. The highest BCUT2D eigenvalue weighted by atomic mass is 35.5. The SMILES string of the molecule is Nc1ncccc1S(=O)(=O)Nc1ccc(F)c(Cl)c1. The van der Waals surface area contributed by atoms with Crippen molar-refractivity contribution in [2.75, 3.05) is 10.5 Å². The zero-order valence-electron chi connectivity index (χ0n) is 9.47. The first-order valence-electron chi connectivity index (χ1n) is 5.08. The van der Waals surface area contributed by atoms with E-state index in [0.29, 0.717) is 0 Å². The number of rotatable bonds is 3. The molecule has 2 aromatic rings. The first kappa shape index (κ1) is 13.6. The molecular formula is C11H9ClFN3O2S. The van der Waals surface area contributed by atoms with Crippen LogP contribution in [0.3, 0.4) is 0 Å². The second-order valence-corrected chi connectivity index (χ2v) is 5.68. The van der Waals surface area contributed by atoms with Crippen LogP contribution in [0.5, 0.6) is 0 Å². The van der Waals surface area contributed by atoms with Crippen LogP contribution in [-0.4, -0.2) is 13.4 Å². The Morgan fingerprint density at radius 1 is 1.32 bits per heavy atom. The maximum atomic E-state index is 13.0. The van der Waals surface area contributed by atoms with Crippen LogP contribution in [0.1, 0.15) is 0 Å². The Balaban J connectivity index is 2.37. The number of halogens is 2. The summed E-state index contributed by atoms with van der Waals surface area (Å²) in [6, 6.07) is 6.25. The molecule has 0 saturated heterocycles. The van der Waals surface area contributed by atoms with E-state index in [2.05, 4.69) is 9.71 Å². The quantitative estimate of drug-likeness (QED) is 0.910. The van der Waals surface area contributed by atoms with Gasteiger partial charge in [0.1, 0.15) is 16.5 Å². The summed E-state index contributed by atoms with van der Waals surface area (Å²) in [5, 5.41) is -0.181. The molecule has 0 atom stereocenters. The molecule has 3 N–H and O–H groups in total. The molecular weight excluding hydrogens is 293 g/mol. The fourth-order valence-corrected chi connectivity index (χ4v) is 2.71. The van der Waals surface area contributed by atoms with Crippen LogP contribution in [0, 0.1) is 5.82 Å². The Labute approximate surface area is 114 Å². The molecule has 0 saturated carbocycles. The average molecular weight is 302 g/mol. The minimum absolute atomic E-state index is 0.122. The summed E-state index contributed by atoms with van der Waals surface area (Å²) in [7, 11) is -3.89. The van der Waals surface area contributed by atoms with Crippen molar-refractivity contribution in [1.82, 2.24) is 4.98 Å². The number of nitrogens with one attached hydrogen (secondary N) is 1. The van der Waals surface area contributed by atoms with Crippen molar-refractivity contribution in [3.8, 4) is 0 Å². The highest BCUT2D eigenvalue weighted by Crippen LogP contribution is 2.23. The number of aromatic nitrogens is 1. The van der Waals surface area contributed by atoms with Crippen molar-refractivity contribution in [1.29, 1.82) is 0 Å². The van der Waals surface area contributed by atoms with Crippen molar-refractivity contribution in [3.05, 3.63) is 47.4 Å². The molecule has 0 spiro atoms. The lowest BCUT2D eigenvalue weighted by Crippen LogP contribution is -2.15. The Hall–Kier alpha value is -1.86. The molecule has 1 aromatic heterocycles. The summed E-state index contributed by atoms with van der Waals surface area (Å²) in [4.78, 5) is 3.53. The van der Waals surface area contributed by atoms with Gasteiger partial charge in [-0.2, -0.15) is 0 Å². The minimum atomic E-state index is -3.89. The number of nitrogen functional groups attached to an aromatic ring is 1. The fourth-order valence-electron chi connectivity index (χ4n) is 1.40. The predicted octanol–water partition coefficient (Wildman–Crippen LogP) is 2.26. The van der Waals surface area contributed by atoms with Crippen LogP contribution >= 0.6 is 11.6 Å². The van der Waals surface area contributed by atoms with E-state index in [1.807, 2.05) is 0 Å². The Morgan fingerprint density at radius 2 is 2.05 bits per heavy atom. The van der Waals surface area contributed by atoms with Crippen molar-refractivity contribution in [2.24, 2.45) is 0 Å². The van der Waals surface area contributed by atoms with E-state index in [9.17, 15) is 12.8 Å². The molecule has 1 heterocycles. The summed E-state index contributed by atoms with van der Waals surface area (Å²) < 4.78 is 39.3. The molecule has 0 fully saturated rings. The molecule has 0 aliphatic carbocycles. The van der Waals surface area contributed by atoms with Gasteiger partial charge in [0.25, 0.3) is 10.0 Å². The van der Waals surface area contributed by atoms with E-state index in [1.165, 1.54) is 30.5 Å². The summed E-state index contributed by atoms with van der Waals surface area (Å²) in [6.45, 7) is 0. The van der Waals surface area contributed by atoms with Crippen LogP contribution in [0.25, 0.3) is 0 Å².